The number of rotatable bonds is 3. The molecule has 2 fully saturated rings. The average Bonchev–Trinajstić information content (AvgIpc) is 2.80. The normalized spacial score (nSPS) is 35.4. The highest BCUT2D eigenvalue weighted by atomic mass is 16.4. The van der Waals surface area contributed by atoms with Crippen LogP contribution in [0.4, 0.5) is 0 Å². The van der Waals surface area contributed by atoms with Gasteiger partial charge >= 0.3 is 5.97 Å². The highest BCUT2D eigenvalue weighted by Crippen LogP contribution is 2.24. The number of aliphatic carboxylic acids is 1. The molecule has 2 unspecified atom stereocenters. The molecule has 2 saturated heterocycles. The molecule has 0 aliphatic carbocycles. The third-order valence-corrected chi connectivity index (χ3v) is 4.23. The van der Waals surface area contributed by atoms with Crippen LogP contribution in [-0.4, -0.2) is 58.3 Å². The number of piperidine rings is 1. The topological polar surface area (TPSA) is 89.9 Å². The van der Waals surface area contributed by atoms with Gasteiger partial charge in [0.25, 0.3) is 0 Å². The molecule has 2 rings (SSSR count). The lowest BCUT2D eigenvalue weighted by Crippen LogP contribution is -2.53. The Balaban J connectivity index is 2.03. The third-order valence-electron chi connectivity index (χ3n) is 4.23. The molecular weight excluding hydrogens is 248 g/mol. The number of nitrogens with zero attached hydrogens (tertiary/aromatic N) is 1. The maximum Gasteiger partial charge on any atom is 0.326 e. The summed E-state index contributed by atoms with van der Waals surface area (Å²) >= 11 is 0. The molecule has 0 bridgehead atoms. The van der Waals surface area contributed by atoms with Crippen LogP contribution in [0.15, 0.2) is 0 Å². The molecule has 1 amide bonds. The molecule has 0 spiro atoms. The summed E-state index contributed by atoms with van der Waals surface area (Å²) in [4.78, 5) is 24.9. The summed E-state index contributed by atoms with van der Waals surface area (Å²) < 4.78 is 0. The monoisotopic (exact) mass is 270 g/mol. The predicted molar refractivity (Wildman–Crippen MR) is 68.6 cm³/mol. The first-order valence-electron chi connectivity index (χ1n) is 6.97. The zero-order valence-electron chi connectivity index (χ0n) is 11.2. The Morgan fingerprint density at radius 2 is 2.11 bits per heavy atom. The molecule has 19 heavy (non-hydrogen) atoms. The van der Waals surface area contributed by atoms with Crippen LogP contribution in [0, 0.1) is 5.92 Å². The summed E-state index contributed by atoms with van der Waals surface area (Å²) in [5.74, 6) is -0.694. The average molecular weight is 270 g/mol. The number of aliphatic hydroxyl groups is 1. The smallest absolute Gasteiger partial charge is 0.326 e. The number of aliphatic hydroxyl groups excluding tert-OH is 1. The lowest BCUT2D eigenvalue weighted by molar-refractivity contribution is -0.149. The molecule has 108 valence electrons. The molecule has 6 nitrogen and oxygen atoms in total. The van der Waals surface area contributed by atoms with Crippen LogP contribution in [0.25, 0.3) is 0 Å². The molecule has 2 aliphatic rings. The van der Waals surface area contributed by atoms with Crippen molar-refractivity contribution in [3.8, 4) is 0 Å². The Labute approximate surface area is 112 Å². The van der Waals surface area contributed by atoms with E-state index in [1.165, 1.54) is 4.90 Å². The number of nitrogens with one attached hydrogen (secondary N) is 1. The summed E-state index contributed by atoms with van der Waals surface area (Å²) in [5.41, 5.74) is 0. The number of carbonyl (C=O) groups excluding carboxylic acids is 1. The molecule has 0 aromatic rings. The fraction of sp³-hybridized carbons (Fsp3) is 0.846. The molecule has 2 heterocycles. The molecule has 0 saturated carbocycles. The number of carbonyl (C=O) groups is 2. The summed E-state index contributed by atoms with van der Waals surface area (Å²) in [6.07, 6.45) is 2.26. The Kier molecular flexibility index (Phi) is 4.42. The van der Waals surface area contributed by atoms with Gasteiger partial charge in [0.15, 0.2) is 0 Å². The summed E-state index contributed by atoms with van der Waals surface area (Å²) in [7, 11) is 0. The quantitative estimate of drug-likeness (QED) is 0.661. The van der Waals surface area contributed by atoms with Gasteiger partial charge < -0.3 is 20.4 Å². The molecule has 0 aromatic heterocycles. The van der Waals surface area contributed by atoms with Crippen LogP contribution in [0.1, 0.15) is 32.6 Å². The molecular formula is C13H22N2O4. The van der Waals surface area contributed by atoms with Crippen molar-refractivity contribution in [2.45, 2.75) is 50.8 Å². The van der Waals surface area contributed by atoms with E-state index < -0.39 is 18.1 Å². The molecule has 4 atom stereocenters. The lowest BCUT2D eigenvalue weighted by atomic mass is 9.90. The van der Waals surface area contributed by atoms with Crippen molar-refractivity contribution in [3.63, 3.8) is 0 Å². The van der Waals surface area contributed by atoms with Crippen LogP contribution in [0.3, 0.4) is 0 Å². The Hall–Kier alpha value is -1.14. The standard InChI is InChI=1S/C13H22N2O4/c1-2-8-3-4-14-10(5-8)12(17)15-7-9(16)6-11(15)13(18)19/h8-11,14,16H,2-7H2,1H3,(H,18,19)/t8?,9-,10?,11-/m0/s1. The van der Waals surface area contributed by atoms with Gasteiger partial charge in [-0.15, -0.1) is 0 Å². The van der Waals surface area contributed by atoms with Crippen molar-refractivity contribution >= 4 is 11.9 Å². The minimum atomic E-state index is -1.03. The first kappa shape index (κ1) is 14.3. The van der Waals surface area contributed by atoms with Crippen molar-refractivity contribution in [2.75, 3.05) is 13.1 Å². The maximum atomic E-state index is 12.4. The van der Waals surface area contributed by atoms with Gasteiger partial charge in [0.2, 0.25) is 5.91 Å². The second-order valence-electron chi connectivity index (χ2n) is 5.54. The van der Waals surface area contributed by atoms with E-state index in [2.05, 4.69) is 12.2 Å². The van der Waals surface area contributed by atoms with E-state index in [-0.39, 0.29) is 24.9 Å². The highest BCUT2D eigenvalue weighted by molar-refractivity contribution is 5.87. The maximum absolute atomic E-state index is 12.4. The van der Waals surface area contributed by atoms with Gasteiger partial charge in [0.1, 0.15) is 6.04 Å². The first-order valence-corrected chi connectivity index (χ1v) is 6.97. The van der Waals surface area contributed by atoms with Crippen LogP contribution >= 0.6 is 0 Å². The minimum Gasteiger partial charge on any atom is -0.480 e. The Morgan fingerprint density at radius 3 is 2.74 bits per heavy atom. The van der Waals surface area contributed by atoms with E-state index in [4.69, 9.17) is 5.11 Å². The van der Waals surface area contributed by atoms with Crippen molar-refractivity contribution in [1.29, 1.82) is 0 Å². The van der Waals surface area contributed by atoms with E-state index in [0.717, 1.165) is 25.8 Å². The lowest BCUT2D eigenvalue weighted by Gasteiger charge is -2.33. The van der Waals surface area contributed by atoms with E-state index in [0.29, 0.717) is 5.92 Å². The molecule has 0 aromatic carbocycles. The van der Waals surface area contributed by atoms with Gasteiger partial charge in [0, 0.05) is 13.0 Å². The summed E-state index contributed by atoms with van der Waals surface area (Å²) in [6, 6.07) is -1.18. The second kappa shape index (κ2) is 5.88. The number of likely N-dealkylation sites (tertiary alicyclic amines) is 1. The van der Waals surface area contributed by atoms with Crippen molar-refractivity contribution in [1.82, 2.24) is 10.2 Å². The zero-order valence-corrected chi connectivity index (χ0v) is 11.2. The van der Waals surface area contributed by atoms with Crippen LogP contribution < -0.4 is 5.32 Å². The van der Waals surface area contributed by atoms with Gasteiger partial charge in [-0.1, -0.05) is 13.3 Å². The van der Waals surface area contributed by atoms with Gasteiger partial charge in [-0.25, -0.2) is 4.79 Å². The van der Waals surface area contributed by atoms with E-state index in [1.807, 2.05) is 0 Å². The van der Waals surface area contributed by atoms with Gasteiger partial charge in [0.05, 0.1) is 12.1 Å². The number of hydrogen-bond acceptors (Lipinski definition) is 4. The SMILES string of the molecule is CCC1CCNC(C(=O)N2C[C@@H](O)C[C@H]2C(=O)O)C1. The third kappa shape index (κ3) is 3.06. The van der Waals surface area contributed by atoms with Crippen molar-refractivity contribution in [3.05, 3.63) is 0 Å². The van der Waals surface area contributed by atoms with Crippen LogP contribution in [0.5, 0.6) is 0 Å². The zero-order chi connectivity index (χ0) is 14.0. The Morgan fingerprint density at radius 1 is 1.37 bits per heavy atom. The van der Waals surface area contributed by atoms with Crippen molar-refractivity contribution < 1.29 is 19.8 Å². The molecule has 3 N–H and O–H groups in total. The fourth-order valence-electron chi connectivity index (χ4n) is 3.05. The number of β-amino-alcohol motifs (C(OH)–C–C–N with tert-alkyl or cyclic N) is 1. The van der Waals surface area contributed by atoms with Crippen LogP contribution in [-0.2, 0) is 9.59 Å². The second-order valence-corrected chi connectivity index (χ2v) is 5.54. The number of hydrogen-bond donors (Lipinski definition) is 3. The number of carboxylic acids is 1. The minimum absolute atomic E-state index is 0.130. The largest absolute Gasteiger partial charge is 0.480 e. The fourth-order valence-corrected chi connectivity index (χ4v) is 3.05. The van der Waals surface area contributed by atoms with E-state index in [1.54, 1.807) is 0 Å². The van der Waals surface area contributed by atoms with E-state index >= 15 is 0 Å². The molecule has 0 radical (unpaired) electrons. The van der Waals surface area contributed by atoms with Gasteiger partial charge in [-0.05, 0) is 25.3 Å². The Bertz CT molecular complexity index is 361. The highest BCUT2D eigenvalue weighted by Gasteiger charge is 2.41. The number of carboxylic acid groups (broad SMARTS) is 1. The first-order chi connectivity index (χ1) is 9.02. The van der Waals surface area contributed by atoms with Gasteiger partial charge in [-0.3, -0.25) is 4.79 Å². The van der Waals surface area contributed by atoms with Crippen LogP contribution in [0.2, 0.25) is 0 Å². The molecule has 2 aliphatic heterocycles. The predicted octanol–water partition coefficient (Wildman–Crippen LogP) is -0.189. The van der Waals surface area contributed by atoms with Crippen molar-refractivity contribution in [2.24, 2.45) is 5.92 Å². The summed E-state index contributed by atoms with van der Waals surface area (Å²) in [6.45, 7) is 3.03. The summed E-state index contributed by atoms with van der Waals surface area (Å²) in [5, 5.41) is 21.9. The van der Waals surface area contributed by atoms with Gasteiger partial charge in [-0.2, -0.15) is 0 Å². The molecule has 6 heteroatoms. The number of amides is 1. The van der Waals surface area contributed by atoms with E-state index in [9.17, 15) is 14.7 Å².